The third-order valence-corrected chi connectivity index (χ3v) is 16.3. The number of ether oxygens (including phenoxy) is 3. The van der Waals surface area contributed by atoms with Gasteiger partial charge in [-0.15, -0.1) is 0 Å². The van der Waals surface area contributed by atoms with E-state index in [9.17, 15) is 48.3 Å². The smallest absolute Gasteiger partial charge is 0.410 e. The molecule has 438 valence electrons. The van der Waals surface area contributed by atoms with Crippen LogP contribution in [0.15, 0.2) is 54.6 Å². The highest BCUT2D eigenvalue weighted by molar-refractivity contribution is 6.03. The van der Waals surface area contributed by atoms with E-state index in [4.69, 9.17) is 14.2 Å². The fourth-order valence-corrected chi connectivity index (χ4v) is 11.4. The number of carbonyl (C=O) groups excluding carboxylic acids is 8. The molecule has 2 aliphatic heterocycles. The summed E-state index contributed by atoms with van der Waals surface area (Å²) in [4.78, 5) is 126. The highest BCUT2D eigenvalue weighted by Crippen LogP contribution is 2.32. The number of hydrogen-bond donors (Lipinski definition) is 2. The lowest BCUT2D eigenvalue weighted by Crippen LogP contribution is -2.54. The Morgan fingerprint density at radius 3 is 2.04 bits per heavy atom. The summed E-state index contributed by atoms with van der Waals surface area (Å²) in [6.45, 7) is 15.8. The second kappa shape index (κ2) is 31.7. The summed E-state index contributed by atoms with van der Waals surface area (Å²) in [6, 6.07) is 14.4. The molecule has 18 heteroatoms. The van der Waals surface area contributed by atoms with Crippen LogP contribution >= 0.6 is 0 Å². The van der Waals surface area contributed by atoms with Crippen molar-refractivity contribution in [1.29, 1.82) is 0 Å². The second-order valence-electron chi connectivity index (χ2n) is 22.7. The topological polar surface area (TPSA) is 227 Å². The molecule has 2 aromatic carbocycles. The van der Waals surface area contributed by atoms with E-state index in [1.54, 1.807) is 55.0 Å². The number of likely N-dealkylation sites (tertiary alicyclic amines) is 2. The molecule has 5 amide bonds. The summed E-state index contributed by atoms with van der Waals surface area (Å²) in [5, 5.41) is 13.2. The van der Waals surface area contributed by atoms with Crippen LogP contribution in [0, 0.1) is 41.4 Å². The zero-order chi connectivity index (χ0) is 58.7. The predicted molar refractivity (Wildman–Crippen MR) is 300 cm³/mol. The minimum Gasteiger partial charge on any atom is -0.481 e. The van der Waals surface area contributed by atoms with E-state index in [2.05, 4.69) is 5.32 Å². The number of nitrogens with zero attached hydrogens (tertiary/aromatic N) is 4. The molecule has 3 unspecified atom stereocenters. The monoisotopic (exact) mass is 1100 g/mol. The summed E-state index contributed by atoms with van der Waals surface area (Å²) in [7, 11) is 6.23. The maximum Gasteiger partial charge on any atom is 0.410 e. The Kier molecular flexibility index (Phi) is 26.3. The molecule has 0 radical (unpaired) electrons. The van der Waals surface area contributed by atoms with Crippen molar-refractivity contribution in [2.75, 3.05) is 53.3 Å². The molecule has 0 bridgehead atoms. The van der Waals surface area contributed by atoms with Crippen molar-refractivity contribution in [3.05, 3.63) is 65.7 Å². The molecule has 0 aliphatic carbocycles. The molecule has 79 heavy (non-hydrogen) atoms. The van der Waals surface area contributed by atoms with Crippen LogP contribution in [0.2, 0.25) is 0 Å². The number of unbranched alkanes of at least 4 members (excludes halogenated alkanes) is 2. The average Bonchev–Trinajstić information content (AvgIpc) is 4.02. The molecule has 2 fully saturated rings. The van der Waals surface area contributed by atoms with Gasteiger partial charge in [-0.2, -0.15) is 0 Å². The van der Waals surface area contributed by atoms with Crippen LogP contribution in [0.25, 0.3) is 0 Å². The van der Waals surface area contributed by atoms with Crippen molar-refractivity contribution in [1.82, 2.24) is 19.6 Å². The quantitative estimate of drug-likeness (QED) is 0.0497. The van der Waals surface area contributed by atoms with Gasteiger partial charge in [0.05, 0.1) is 49.2 Å². The van der Waals surface area contributed by atoms with Crippen molar-refractivity contribution < 1.29 is 62.5 Å². The van der Waals surface area contributed by atoms with Gasteiger partial charge in [0.1, 0.15) is 12.4 Å². The van der Waals surface area contributed by atoms with Crippen LogP contribution in [0.3, 0.4) is 0 Å². The standard InChI is InChI=1S/C61H91N5O13/c1-13-40(6)56(52(77-11)35-54(71)65-30-20-24-49(65)57(78-12)42(8)50(68)33-45(60(74)75)32-43-21-16-14-17-22-43)63(9)59(73)48(38(2)3)34-51(69)55(39(4)5)64(10)61(76)79-37-44-25-27-46(28-26-44)62-36-47(67)23-18-15-19-29-66-53(70)31-41(7)58(66)72/h14,16-17,21-22,25-28,38-42,45,48-49,52,55-57,62H,13,15,18-20,23-24,29-37H2,1-12H3,(H,74,75)/t40-,41?,42-,45?,48-,49-,52+,55-,56?,57+/m0/s1. The van der Waals surface area contributed by atoms with Gasteiger partial charge in [-0.05, 0) is 73.1 Å². The van der Waals surface area contributed by atoms with Crippen LogP contribution in [0.1, 0.15) is 137 Å². The first-order chi connectivity index (χ1) is 37.4. The summed E-state index contributed by atoms with van der Waals surface area (Å²) >= 11 is 0. The number of rotatable bonds is 34. The number of ketones is 3. The number of anilines is 1. The number of imide groups is 1. The van der Waals surface area contributed by atoms with Gasteiger partial charge in [0.15, 0.2) is 11.6 Å². The number of carbonyl (C=O) groups is 9. The number of benzene rings is 2. The predicted octanol–water partition coefficient (Wildman–Crippen LogP) is 8.27. The lowest BCUT2D eigenvalue weighted by Gasteiger charge is -2.41. The molecule has 2 aliphatic rings. The molecule has 2 saturated heterocycles. The maximum absolute atomic E-state index is 14.8. The highest BCUT2D eigenvalue weighted by atomic mass is 16.6. The van der Waals surface area contributed by atoms with Crippen molar-refractivity contribution in [2.24, 2.45) is 41.4 Å². The van der Waals surface area contributed by atoms with Crippen LogP contribution in [0.5, 0.6) is 0 Å². The first kappa shape index (κ1) is 65.5. The summed E-state index contributed by atoms with van der Waals surface area (Å²) in [5.74, 6) is -5.68. The molecular weight excluding hydrogens is 1010 g/mol. The Hall–Kier alpha value is -6.01. The Morgan fingerprint density at radius 1 is 0.797 bits per heavy atom. The lowest BCUT2D eigenvalue weighted by molar-refractivity contribution is -0.149. The molecule has 2 aromatic rings. The third-order valence-electron chi connectivity index (χ3n) is 16.3. The minimum absolute atomic E-state index is 0.0336. The van der Waals surface area contributed by atoms with Crippen molar-refractivity contribution in [3.8, 4) is 0 Å². The van der Waals surface area contributed by atoms with Gasteiger partial charge in [-0.1, -0.05) is 111 Å². The summed E-state index contributed by atoms with van der Waals surface area (Å²) < 4.78 is 17.7. The molecule has 0 spiro atoms. The molecular formula is C61H91N5O13. The van der Waals surface area contributed by atoms with Gasteiger partial charge in [-0.3, -0.25) is 43.3 Å². The SMILES string of the molecule is CC[C@H](C)C([C@@H](CC(=O)N1CCC[C@H]1[C@H](OC)[C@@H](C)C(=O)CC(Cc1ccccc1)C(=O)O)OC)N(C)C(=O)[C@@H](CC(=O)[C@H](C(C)C)N(C)C(=O)OCc1ccc(NCC(=O)CCCCCN2C(=O)CC(C)C2=O)cc1)C(C)C. The normalized spacial score (nSPS) is 18.6. The maximum atomic E-state index is 14.8. The number of methoxy groups -OCH3 is 2. The number of carboxylic acid groups (broad SMARTS) is 1. The number of amides is 5. The first-order valence-electron chi connectivity index (χ1n) is 28.5. The van der Waals surface area contributed by atoms with Crippen molar-refractivity contribution in [2.45, 2.75) is 169 Å². The van der Waals surface area contributed by atoms with Gasteiger partial charge in [0, 0.05) is 90.5 Å². The lowest BCUT2D eigenvalue weighted by atomic mass is 9.83. The van der Waals surface area contributed by atoms with Crippen LogP contribution in [0.4, 0.5) is 10.5 Å². The molecule has 4 rings (SSSR count). The number of aliphatic carboxylic acids is 1. The summed E-state index contributed by atoms with van der Waals surface area (Å²) in [6.07, 6.45) is 2.31. The number of Topliss-reactive ketones (excluding diaryl/α,β-unsaturated/α-hetero) is 3. The third kappa shape index (κ3) is 18.5. The van der Waals surface area contributed by atoms with Gasteiger partial charge in [0.2, 0.25) is 23.6 Å². The van der Waals surface area contributed by atoms with E-state index in [0.29, 0.717) is 62.9 Å². The van der Waals surface area contributed by atoms with Gasteiger partial charge < -0.3 is 39.3 Å². The van der Waals surface area contributed by atoms with Gasteiger partial charge in [-0.25, -0.2) is 4.79 Å². The van der Waals surface area contributed by atoms with Gasteiger partial charge in [0.25, 0.3) is 0 Å². The largest absolute Gasteiger partial charge is 0.481 e. The molecule has 0 saturated carbocycles. The first-order valence-corrected chi connectivity index (χ1v) is 28.5. The Labute approximate surface area is 469 Å². The zero-order valence-electron chi connectivity index (χ0n) is 49.1. The summed E-state index contributed by atoms with van der Waals surface area (Å²) in [5.41, 5.74) is 2.23. The van der Waals surface area contributed by atoms with E-state index in [1.165, 1.54) is 31.1 Å². The Morgan fingerprint density at radius 2 is 1.47 bits per heavy atom. The van der Waals surface area contributed by atoms with E-state index in [0.717, 1.165) is 12.0 Å². The Balaban J connectivity index is 1.33. The number of nitrogens with one attached hydrogen (secondary N) is 1. The Bertz CT molecular complexity index is 2360. The number of carboxylic acids is 1. The zero-order valence-corrected chi connectivity index (χ0v) is 49.1. The van der Waals surface area contributed by atoms with Crippen molar-refractivity contribution >= 4 is 58.7 Å². The van der Waals surface area contributed by atoms with Crippen LogP contribution in [-0.4, -0.2) is 156 Å². The highest BCUT2D eigenvalue weighted by Gasteiger charge is 2.44. The number of hydrogen-bond acceptors (Lipinski definition) is 13. The fourth-order valence-electron chi connectivity index (χ4n) is 11.4. The minimum atomic E-state index is -1.05. The van der Waals surface area contributed by atoms with E-state index >= 15 is 0 Å². The van der Waals surface area contributed by atoms with Crippen LogP contribution in [-0.2, 0) is 65.6 Å². The fraction of sp³-hybridized carbons (Fsp3) is 0.656. The van der Waals surface area contributed by atoms with Crippen molar-refractivity contribution in [3.63, 3.8) is 0 Å². The average molecular weight is 1100 g/mol. The number of likely N-dealkylation sites (N-methyl/N-ethyl adjacent to an activating group) is 2. The van der Waals surface area contributed by atoms with E-state index in [1.807, 2.05) is 71.9 Å². The molecule has 10 atom stereocenters. The molecule has 2 heterocycles. The molecule has 18 nitrogen and oxygen atoms in total. The van der Waals surface area contributed by atoms with E-state index in [-0.39, 0.29) is 110 Å². The second-order valence-corrected chi connectivity index (χ2v) is 22.7. The van der Waals surface area contributed by atoms with Crippen LogP contribution < -0.4 is 5.32 Å². The molecule has 2 N–H and O–H groups in total. The van der Waals surface area contributed by atoms with Gasteiger partial charge >= 0.3 is 12.1 Å². The van der Waals surface area contributed by atoms with E-state index < -0.39 is 60.1 Å². The molecule has 0 aromatic heterocycles.